The summed E-state index contributed by atoms with van der Waals surface area (Å²) in [4.78, 5) is 0. The number of halogens is 4. The van der Waals surface area contributed by atoms with Gasteiger partial charge in [-0.05, 0) is 46.0 Å². The van der Waals surface area contributed by atoms with Crippen LogP contribution >= 0.6 is 0 Å². The molecule has 3 aliphatic rings. The summed E-state index contributed by atoms with van der Waals surface area (Å²) in [6, 6.07) is -0.446. The molecular weight excluding hydrogens is 394 g/mol. The Labute approximate surface area is 169 Å². The molecule has 2 saturated heterocycles. The minimum absolute atomic E-state index is 0.0966. The minimum atomic E-state index is -4.52. The molecule has 11 heteroatoms. The summed E-state index contributed by atoms with van der Waals surface area (Å²) < 4.78 is 64.5. The summed E-state index contributed by atoms with van der Waals surface area (Å²) >= 11 is 0. The lowest BCUT2D eigenvalue weighted by Gasteiger charge is -2.42. The Morgan fingerprint density at radius 1 is 1.07 bits per heavy atom. The van der Waals surface area contributed by atoms with Gasteiger partial charge in [0.05, 0.1) is 18.1 Å². The second-order valence-corrected chi connectivity index (χ2v) is 8.10. The van der Waals surface area contributed by atoms with Crippen molar-refractivity contribution in [2.24, 2.45) is 5.92 Å². The fraction of sp³-hybridized carbons (Fsp3) is 1.00. The summed E-state index contributed by atoms with van der Waals surface area (Å²) in [5.41, 5.74) is 0. The predicted molar refractivity (Wildman–Crippen MR) is 99.2 cm³/mol. The third-order valence-electron chi connectivity index (χ3n) is 5.76. The molecule has 1 aliphatic carbocycles. The van der Waals surface area contributed by atoms with Crippen LogP contribution in [0.4, 0.5) is 17.6 Å². The molecule has 0 aromatic heterocycles. The Balaban J connectivity index is 1.53. The van der Waals surface area contributed by atoms with Crippen LogP contribution in [0.2, 0.25) is 0 Å². The van der Waals surface area contributed by atoms with Crippen molar-refractivity contribution < 1.29 is 27.0 Å². The first-order chi connectivity index (χ1) is 13.7. The van der Waals surface area contributed by atoms with Gasteiger partial charge in [-0.1, -0.05) is 0 Å². The van der Waals surface area contributed by atoms with Crippen LogP contribution in [0, 0.1) is 5.92 Å². The second kappa shape index (κ2) is 10.2. The average molecular weight is 427 g/mol. The number of alkyl halides is 4. The number of ether oxygens (including phenoxy) is 2. The van der Waals surface area contributed by atoms with Crippen LogP contribution in [0.3, 0.4) is 0 Å². The Morgan fingerprint density at radius 3 is 2.48 bits per heavy atom. The highest BCUT2D eigenvalue weighted by Crippen LogP contribution is 2.39. The van der Waals surface area contributed by atoms with Crippen molar-refractivity contribution in [3.63, 3.8) is 0 Å². The third-order valence-corrected chi connectivity index (χ3v) is 5.76. The van der Waals surface area contributed by atoms with Gasteiger partial charge in [-0.3, -0.25) is 26.6 Å². The van der Waals surface area contributed by atoms with Gasteiger partial charge in [-0.2, -0.15) is 13.2 Å². The lowest BCUT2D eigenvalue weighted by atomic mass is 9.83. The maximum absolute atomic E-state index is 13.8. The average Bonchev–Trinajstić information content (AvgIpc) is 3.06. The van der Waals surface area contributed by atoms with E-state index >= 15 is 0 Å². The van der Waals surface area contributed by atoms with Crippen molar-refractivity contribution >= 4 is 0 Å². The summed E-state index contributed by atoms with van der Waals surface area (Å²) in [5, 5.41) is 16.1. The molecule has 7 nitrogen and oxygen atoms in total. The zero-order chi connectivity index (χ0) is 21.0. The van der Waals surface area contributed by atoms with E-state index in [1.807, 2.05) is 13.8 Å². The third kappa shape index (κ3) is 6.71. The van der Waals surface area contributed by atoms with E-state index in [4.69, 9.17) is 9.47 Å². The lowest BCUT2D eigenvalue weighted by Crippen LogP contribution is -2.76. The van der Waals surface area contributed by atoms with Gasteiger partial charge in [-0.25, -0.2) is 4.39 Å². The molecule has 0 bridgehead atoms. The van der Waals surface area contributed by atoms with Gasteiger partial charge in [0.25, 0.3) is 0 Å². The van der Waals surface area contributed by atoms with Gasteiger partial charge in [0.1, 0.15) is 18.8 Å². The normalized spacial score (nSPS) is 41.6. The number of hydrogen-bond acceptors (Lipinski definition) is 7. The van der Waals surface area contributed by atoms with Crippen molar-refractivity contribution in [1.82, 2.24) is 26.6 Å². The fourth-order valence-corrected chi connectivity index (χ4v) is 4.23. The molecule has 0 aromatic carbocycles. The molecule has 0 aromatic rings. The van der Waals surface area contributed by atoms with Crippen LogP contribution in [0.1, 0.15) is 46.0 Å². The van der Waals surface area contributed by atoms with Gasteiger partial charge in [-0.15, -0.1) is 0 Å². The molecule has 1 saturated carbocycles. The summed E-state index contributed by atoms with van der Waals surface area (Å²) in [6.45, 7) is 5.02. The first-order valence-electron chi connectivity index (χ1n) is 10.5. The van der Waals surface area contributed by atoms with Crippen molar-refractivity contribution in [1.29, 1.82) is 0 Å². The van der Waals surface area contributed by atoms with E-state index in [9.17, 15) is 17.6 Å². The molecule has 3 fully saturated rings. The van der Waals surface area contributed by atoms with Crippen LogP contribution in [0.25, 0.3) is 0 Å². The monoisotopic (exact) mass is 427 g/mol. The van der Waals surface area contributed by atoms with Crippen LogP contribution < -0.4 is 26.6 Å². The van der Waals surface area contributed by atoms with Gasteiger partial charge < -0.3 is 9.47 Å². The zero-order valence-corrected chi connectivity index (χ0v) is 16.9. The van der Waals surface area contributed by atoms with Gasteiger partial charge in [0.2, 0.25) is 0 Å². The standard InChI is InChI=1S/C18H33F4N5O2/c1-3-28-17-26-15(23-9-12-6-4-10(2)29-12)25-16(27-17)24-11-5-7-14(19)13(8-11)18(20,21)22/h10-17,23-27H,3-9H2,1-2H3. The summed E-state index contributed by atoms with van der Waals surface area (Å²) in [5.74, 6) is -1.92. The molecule has 2 aliphatic heterocycles. The van der Waals surface area contributed by atoms with Crippen molar-refractivity contribution in [3.8, 4) is 0 Å². The summed E-state index contributed by atoms with van der Waals surface area (Å²) in [7, 11) is 0. The highest BCUT2D eigenvalue weighted by atomic mass is 19.4. The number of hydrogen-bond donors (Lipinski definition) is 5. The van der Waals surface area contributed by atoms with Crippen molar-refractivity contribution in [2.45, 2.75) is 95.5 Å². The first-order valence-corrected chi connectivity index (χ1v) is 10.5. The molecule has 0 amide bonds. The molecule has 170 valence electrons. The van der Waals surface area contributed by atoms with Crippen LogP contribution in [-0.4, -0.2) is 62.7 Å². The highest BCUT2D eigenvalue weighted by Gasteiger charge is 2.48. The smallest absolute Gasteiger partial charge is 0.374 e. The maximum Gasteiger partial charge on any atom is 0.394 e. The second-order valence-electron chi connectivity index (χ2n) is 8.10. The highest BCUT2D eigenvalue weighted by molar-refractivity contribution is 4.90. The quantitative estimate of drug-likeness (QED) is 0.394. The topological polar surface area (TPSA) is 78.6 Å². The Morgan fingerprint density at radius 2 is 1.83 bits per heavy atom. The largest absolute Gasteiger partial charge is 0.394 e. The molecule has 5 N–H and O–H groups in total. The van der Waals surface area contributed by atoms with E-state index < -0.39 is 36.9 Å². The van der Waals surface area contributed by atoms with Gasteiger partial charge in [0.15, 0.2) is 6.35 Å². The van der Waals surface area contributed by atoms with E-state index in [1.54, 1.807) is 0 Å². The predicted octanol–water partition coefficient (Wildman–Crippen LogP) is 1.47. The molecular formula is C18H33F4N5O2. The Hall–Kier alpha value is -0.560. The minimum Gasteiger partial charge on any atom is -0.374 e. The Bertz CT molecular complexity index is 515. The Kier molecular flexibility index (Phi) is 8.10. The van der Waals surface area contributed by atoms with E-state index in [1.165, 1.54) is 0 Å². The molecule has 3 rings (SSSR count). The van der Waals surface area contributed by atoms with Crippen LogP contribution in [-0.2, 0) is 9.47 Å². The molecule has 0 spiro atoms. The van der Waals surface area contributed by atoms with Crippen molar-refractivity contribution in [2.75, 3.05) is 13.2 Å². The molecule has 8 atom stereocenters. The van der Waals surface area contributed by atoms with E-state index in [2.05, 4.69) is 26.6 Å². The van der Waals surface area contributed by atoms with Crippen LogP contribution in [0.5, 0.6) is 0 Å². The lowest BCUT2D eigenvalue weighted by molar-refractivity contribution is -0.200. The van der Waals surface area contributed by atoms with E-state index in [0.717, 1.165) is 12.8 Å². The first kappa shape index (κ1) is 23.1. The fourth-order valence-electron chi connectivity index (χ4n) is 4.23. The SMILES string of the molecule is CCOC1NC(NCC2CCC(C)O2)NC(NC2CCC(F)C(C(F)(F)F)C2)N1. The van der Waals surface area contributed by atoms with Crippen LogP contribution in [0.15, 0.2) is 0 Å². The zero-order valence-electron chi connectivity index (χ0n) is 16.9. The molecule has 29 heavy (non-hydrogen) atoms. The van der Waals surface area contributed by atoms with Gasteiger partial charge >= 0.3 is 6.18 Å². The maximum atomic E-state index is 13.8. The number of nitrogens with one attached hydrogen (secondary N) is 5. The molecule has 2 heterocycles. The van der Waals surface area contributed by atoms with E-state index in [0.29, 0.717) is 19.6 Å². The number of rotatable bonds is 7. The van der Waals surface area contributed by atoms with Gasteiger partial charge in [0, 0.05) is 19.2 Å². The van der Waals surface area contributed by atoms with E-state index in [-0.39, 0.29) is 31.3 Å². The summed E-state index contributed by atoms with van der Waals surface area (Å²) in [6.07, 6.45) is -5.24. The molecule has 0 radical (unpaired) electrons. The van der Waals surface area contributed by atoms with Crippen molar-refractivity contribution in [3.05, 3.63) is 0 Å². The molecule has 8 unspecified atom stereocenters.